The van der Waals surface area contributed by atoms with Crippen molar-refractivity contribution in [1.82, 2.24) is 9.88 Å². The second-order valence-corrected chi connectivity index (χ2v) is 4.08. The standard InChI is InChI=1S/C11H15ClN2O/c1-4-8-5-13-6-9(12)11(8)10(15)7-14(2)3/h5-6H,4,7H2,1-3H3. The SMILES string of the molecule is CCc1cncc(Cl)c1C(=O)CN(C)C. The number of hydrogen-bond donors (Lipinski definition) is 0. The molecule has 0 aliphatic carbocycles. The van der Waals surface area contributed by atoms with Gasteiger partial charge in [-0.05, 0) is 26.1 Å². The lowest BCUT2D eigenvalue weighted by Gasteiger charge is -2.12. The van der Waals surface area contributed by atoms with E-state index in [-0.39, 0.29) is 5.78 Å². The molecule has 0 spiro atoms. The molecule has 0 bridgehead atoms. The first-order chi connectivity index (χ1) is 7.06. The normalized spacial score (nSPS) is 10.7. The average Bonchev–Trinajstić information content (AvgIpc) is 2.15. The Hall–Kier alpha value is -0.930. The largest absolute Gasteiger partial charge is 0.302 e. The monoisotopic (exact) mass is 226 g/mol. The third kappa shape index (κ3) is 3.01. The van der Waals surface area contributed by atoms with Crippen LogP contribution in [0, 0.1) is 0 Å². The van der Waals surface area contributed by atoms with Crippen molar-refractivity contribution in [2.75, 3.05) is 20.6 Å². The van der Waals surface area contributed by atoms with Crippen LogP contribution in [0.3, 0.4) is 0 Å². The van der Waals surface area contributed by atoms with E-state index in [9.17, 15) is 4.79 Å². The topological polar surface area (TPSA) is 33.2 Å². The van der Waals surface area contributed by atoms with Crippen molar-refractivity contribution in [1.29, 1.82) is 0 Å². The number of likely N-dealkylation sites (N-methyl/N-ethyl adjacent to an activating group) is 1. The van der Waals surface area contributed by atoms with Gasteiger partial charge in [0.25, 0.3) is 0 Å². The van der Waals surface area contributed by atoms with Gasteiger partial charge in [-0.3, -0.25) is 9.78 Å². The summed E-state index contributed by atoms with van der Waals surface area (Å²) in [5.74, 6) is 0.0456. The molecule has 0 aliphatic rings. The molecule has 1 rings (SSSR count). The summed E-state index contributed by atoms with van der Waals surface area (Å²) < 4.78 is 0. The number of aryl methyl sites for hydroxylation is 1. The van der Waals surface area contributed by atoms with Crippen LogP contribution in [0.5, 0.6) is 0 Å². The van der Waals surface area contributed by atoms with Crippen LogP contribution in [0.1, 0.15) is 22.8 Å². The molecule has 15 heavy (non-hydrogen) atoms. The molecular formula is C11H15ClN2O. The Morgan fingerprint density at radius 2 is 2.13 bits per heavy atom. The molecule has 0 fully saturated rings. The van der Waals surface area contributed by atoms with E-state index in [1.807, 2.05) is 25.9 Å². The molecule has 1 aromatic heterocycles. The molecular weight excluding hydrogens is 212 g/mol. The number of halogens is 1. The summed E-state index contributed by atoms with van der Waals surface area (Å²) in [6, 6.07) is 0. The number of Topliss-reactive ketones (excluding diaryl/α,β-unsaturated/α-hetero) is 1. The summed E-state index contributed by atoms with van der Waals surface area (Å²) in [6.45, 7) is 2.36. The maximum atomic E-state index is 11.9. The summed E-state index contributed by atoms with van der Waals surface area (Å²) in [7, 11) is 3.72. The van der Waals surface area contributed by atoms with Crippen LogP contribution >= 0.6 is 11.6 Å². The van der Waals surface area contributed by atoms with Crippen molar-refractivity contribution in [3.8, 4) is 0 Å². The maximum Gasteiger partial charge on any atom is 0.178 e. The Bertz CT molecular complexity index is 364. The van der Waals surface area contributed by atoms with Gasteiger partial charge in [-0.15, -0.1) is 0 Å². The number of ketones is 1. The van der Waals surface area contributed by atoms with Gasteiger partial charge >= 0.3 is 0 Å². The van der Waals surface area contributed by atoms with Crippen molar-refractivity contribution >= 4 is 17.4 Å². The van der Waals surface area contributed by atoms with Gasteiger partial charge in [0.15, 0.2) is 5.78 Å². The van der Waals surface area contributed by atoms with Crippen LogP contribution in [0.2, 0.25) is 5.02 Å². The zero-order valence-corrected chi connectivity index (χ0v) is 10.0. The maximum absolute atomic E-state index is 11.9. The first-order valence-electron chi connectivity index (χ1n) is 4.86. The van der Waals surface area contributed by atoms with Gasteiger partial charge in [-0.2, -0.15) is 0 Å². The molecule has 0 unspecified atom stereocenters. The highest BCUT2D eigenvalue weighted by Gasteiger charge is 2.15. The van der Waals surface area contributed by atoms with E-state index < -0.39 is 0 Å². The highest BCUT2D eigenvalue weighted by Crippen LogP contribution is 2.19. The van der Waals surface area contributed by atoms with Gasteiger partial charge in [0.05, 0.1) is 11.6 Å². The first-order valence-corrected chi connectivity index (χ1v) is 5.24. The molecule has 0 radical (unpaired) electrons. The zero-order valence-electron chi connectivity index (χ0n) is 9.25. The minimum Gasteiger partial charge on any atom is -0.302 e. The Kier molecular flexibility index (Phi) is 4.24. The van der Waals surface area contributed by atoms with E-state index in [1.165, 1.54) is 6.20 Å². The predicted molar refractivity (Wildman–Crippen MR) is 61.5 cm³/mol. The third-order valence-corrected chi connectivity index (χ3v) is 2.38. The Labute approximate surface area is 95.1 Å². The molecule has 0 saturated carbocycles. The van der Waals surface area contributed by atoms with Crippen molar-refractivity contribution in [2.24, 2.45) is 0 Å². The second-order valence-electron chi connectivity index (χ2n) is 3.67. The lowest BCUT2D eigenvalue weighted by Crippen LogP contribution is -2.23. The van der Waals surface area contributed by atoms with E-state index in [4.69, 9.17) is 11.6 Å². The molecule has 3 nitrogen and oxygen atoms in total. The lowest BCUT2D eigenvalue weighted by molar-refractivity contribution is 0.0957. The quantitative estimate of drug-likeness (QED) is 0.737. The predicted octanol–water partition coefficient (Wildman–Crippen LogP) is 2.04. The van der Waals surface area contributed by atoms with E-state index in [0.717, 1.165) is 12.0 Å². The van der Waals surface area contributed by atoms with Gasteiger partial charge in [0, 0.05) is 18.0 Å². The van der Waals surface area contributed by atoms with Gasteiger partial charge in [0.2, 0.25) is 0 Å². The van der Waals surface area contributed by atoms with Crippen LogP contribution in [0.15, 0.2) is 12.4 Å². The molecule has 0 N–H and O–H groups in total. The summed E-state index contributed by atoms with van der Waals surface area (Å²) >= 11 is 5.98. The van der Waals surface area contributed by atoms with E-state index in [0.29, 0.717) is 17.1 Å². The first kappa shape index (κ1) is 12.1. The van der Waals surface area contributed by atoms with Crippen LogP contribution in [-0.4, -0.2) is 36.3 Å². The van der Waals surface area contributed by atoms with Gasteiger partial charge in [0.1, 0.15) is 0 Å². The van der Waals surface area contributed by atoms with Crippen molar-refractivity contribution < 1.29 is 4.79 Å². The number of carbonyl (C=O) groups excluding carboxylic acids is 1. The number of nitrogens with zero attached hydrogens (tertiary/aromatic N) is 2. The lowest BCUT2D eigenvalue weighted by atomic mass is 10.0. The van der Waals surface area contributed by atoms with Gasteiger partial charge < -0.3 is 4.90 Å². The molecule has 4 heteroatoms. The number of aromatic nitrogens is 1. The van der Waals surface area contributed by atoms with Crippen LogP contribution in [0.25, 0.3) is 0 Å². The summed E-state index contributed by atoms with van der Waals surface area (Å²) in [4.78, 5) is 17.7. The minimum atomic E-state index is 0.0456. The fraction of sp³-hybridized carbons (Fsp3) is 0.455. The number of carbonyl (C=O) groups is 1. The van der Waals surface area contributed by atoms with E-state index >= 15 is 0 Å². The number of hydrogen-bond acceptors (Lipinski definition) is 3. The Balaban J connectivity index is 3.06. The minimum absolute atomic E-state index is 0.0456. The third-order valence-electron chi connectivity index (χ3n) is 2.10. The summed E-state index contributed by atoms with van der Waals surface area (Å²) in [5.41, 5.74) is 1.53. The van der Waals surface area contributed by atoms with Crippen molar-refractivity contribution in [3.05, 3.63) is 28.5 Å². The molecule has 0 saturated heterocycles. The molecule has 1 aromatic rings. The van der Waals surface area contributed by atoms with Crippen molar-refractivity contribution in [3.63, 3.8) is 0 Å². The van der Waals surface area contributed by atoms with Gasteiger partial charge in [-0.1, -0.05) is 18.5 Å². The van der Waals surface area contributed by atoms with E-state index in [2.05, 4.69) is 4.98 Å². The number of pyridine rings is 1. The molecule has 0 aromatic carbocycles. The average molecular weight is 227 g/mol. The van der Waals surface area contributed by atoms with Crippen molar-refractivity contribution in [2.45, 2.75) is 13.3 Å². The Morgan fingerprint density at radius 1 is 1.47 bits per heavy atom. The highest BCUT2D eigenvalue weighted by atomic mass is 35.5. The van der Waals surface area contributed by atoms with Crippen LogP contribution < -0.4 is 0 Å². The molecule has 0 aliphatic heterocycles. The van der Waals surface area contributed by atoms with Crippen LogP contribution in [-0.2, 0) is 6.42 Å². The van der Waals surface area contributed by atoms with E-state index in [1.54, 1.807) is 6.20 Å². The smallest absolute Gasteiger partial charge is 0.178 e. The molecule has 1 heterocycles. The fourth-order valence-corrected chi connectivity index (χ4v) is 1.70. The fourth-order valence-electron chi connectivity index (χ4n) is 1.42. The summed E-state index contributed by atoms with van der Waals surface area (Å²) in [6.07, 6.45) is 3.99. The number of rotatable bonds is 4. The molecule has 0 amide bonds. The Morgan fingerprint density at radius 3 is 2.67 bits per heavy atom. The zero-order chi connectivity index (χ0) is 11.4. The van der Waals surface area contributed by atoms with Gasteiger partial charge in [-0.25, -0.2) is 0 Å². The van der Waals surface area contributed by atoms with Crippen LogP contribution in [0.4, 0.5) is 0 Å². The highest BCUT2D eigenvalue weighted by molar-refractivity contribution is 6.34. The molecule has 0 atom stereocenters. The second kappa shape index (κ2) is 5.24. The molecule has 82 valence electrons. The summed E-state index contributed by atoms with van der Waals surface area (Å²) in [5, 5.41) is 0.446.